The van der Waals surface area contributed by atoms with Gasteiger partial charge < -0.3 is 10.3 Å². The molecule has 0 spiro atoms. The molecule has 0 bridgehead atoms. The largest absolute Gasteiger partial charge is 0.408 e. The van der Waals surface area contributed by atoms with Crippen LogP contribution in [0.25, 0.3) is 27.6 Å². The molecule has 0 saturated heterocycles. The third-order valence-corrected chi connectivity index (χ3v) is 7.68. The van der Waals surface area contributed by atoms with E-state index in [0.717, 1.165) is 70.1 Å². The van der Waals surface area contributed by atoms with Crippen LogP contribution in [0.1, 0.15) is 48.7 Å². The molecule has 1 aromatic carbocycles. The van der Waals surface area contributed by atoms with E-state index < -0.39 is 12.2 Å². The number of rotatable bonds is 7. The molecule has 13 heteroatoms. The van der Waals surface area contributed by atoms with Gasteiger partial charge in [0.15, 0.2) is 22.5 Å². The minimum Gasteiger partial charge on any atom is -0.382 e. The van der Waals surface area contributed by atoms with Crippen molar-refractivity contribution in [2.75, 3.05) is 0 Å². The van der Waals surface area contributed by atoms with Crippen LogP contribution >= 0.6 is 11.3 Å². The minimum atomic E-state index is -4.46. The van der Waals surface area contributed by atoms with Crippen LogP contribution < -0.4 is 5.73 Å². The maximum atomic E-state index is 13.3. The van der Waals surface area contributed by atoms with Crippen molar-refractivity contribution in [1.82, 2.24) is 34.3 Å². The standard InChI is InChI=1S/C27H24F3N9S/c1-15-22(24(31)35-21-12-40-26(36-21)25-37-34-14-39(25)16(2)27(28,29)30)32-10-19(17-6-4-3-5-7-17)23(15)38-11-20(33-13-38)18-8-9-18/h3-7,10-14,16,18H,8-9H2,1-2H3,(H2,31,35)/t16-/m0/s1. The fourth-order valence-corrected chi connectivity index (χ4v) is 5.22. The van der Waals surface area contributed by atoms with Crippen molar-refractivity contribution in [3.05, 3.63) is 77.7 Å². The summed E-state index contributed by atoms with van der Waals surface area (Å²) >= 11 is 1.10. The van der Waals surface area contributed by atoms with E-state index in [0.29, 0.717) is 11.6 Å². The number of thiazole rings is 1. The summed E-state index contributed by atoms with van der Waals surface area (Å²) in [4.78, 5) is 18.1. The van der Waals surface area contributed by atoms with Gasteiger partial charge in [-0.2, -0.15) is 13.2 Å². The molecule has 1 saturated carbocycles. The number of imidazole rings is 1. The lowest BCUT2D eigenvalue weighted by Gasteiger charge is -2.17. The second kappa shape index (κ2) is 9.97. The molecule has 2 N–H and O–H groups in total. The van der Waals surface area contributed by atoms with E-state index in [1.54, 1.807) is 11.6 Å². The fraction of sp³-hybridized carbons (Fsp3) is 0.259. The molecule has 4 heterocycles. The van der Waals surface area contributed by atoms with Crippen molar-refractivity contribution in [2.24, 2.45) is 10.7 Å². The highest BCUT2D eigenvalue weighted by Crippen LogP contribution is 2.40. The highest BCUT2D eigenvalue weighted by atomic mass is 32.1. The first kappa shape index (κ1) is 25.9. The van der Waals surface area contributed by atoms with Crippen LogP contribution in [0, 0.1) is 6.92 Å². The zero-order valence-electron chi connectivity index (χ0n) is 21.5. The number of pyridine rings is 1. The van der Waals surface area contributed by atoms with Crippen LogP contribution in [-0.4, -0.2) is 46.3 Å². The van der Waals surface area contributed by atoms with Crippen LogP contribution in [0.5, 0.6) is 0 Å². The van der Waals surface area contributed by atoms with E-state index in [4.69, 9.17) is 5.73 Å². The van der Waals surface area contributed by atoms with E-state index in [-0.39, 0.29) is 22.5 Å². The summed E-state index contributed by atoms with van der Waals surface area (Å²) in [7, 11) is 0. The first-order valence-electron chi connectivity index (χ1n) is 12.6. The summed E-state index contributed by atoms with van der Waals surface area (Å²) in [5.74, 6) is 0.867. The van der Waals surface area contributed by atoms with E-state index in [2.05, 4.69) is 30.1 Å². The monoisotopic (exact) mass is 563 g/mol. The van der Waals surface area contributed by atoms with Crippen molar-refractivity contribution in [2.45, 2.75) is 44.8 Å². The van der Waals surface area contributed by atoms with Crippen LogP contribution in [0.2, 0.25) is 0 Å². The van der Waals surface area contributed by atoms with Gasteiger partial charge in [-0.05, 0) is 32.3 Å². The first-order chi connectivity index (χ1) is 19.2. The molecule has 1 aliphatic carbocycles. The molecule has 1 fully saturated rings. The number of benzene rings is 1. The van der Waals surface area contributed by atoms with Gasteiger partial charge in [0.25, 0.3) is 0 Å². The molecule has 6 rings (SSSR count). The lowest BCUT2D eigenvalue weighted by Crippen LogP contribution is -2.23. The van der Waals surface area contributed by atoms with Crippen LogP contribution in [0.4, 0.5) is 19.0 Å². The number of halogens is 3. The number of alkyl halides is 3. The van der Waals surface area contributed by atoms with Gasteiger partial charge in [-0.3, -0.25) is 9.55 Å². The Balaban J connectivity index is 1.37. The third-order valence-electron chi connectivity index (χ3n) is 6.85. The van der Waals surface area contributed by atoms with Crippen molar-refractivity contribution in [3.63, 3.8) is 0 Å². The highest BCUT2D eigenvalue weighted by molar-refractivity contribution is 7.13. The normalized spacial score (nSPS) is 15.0. The number of nitrogens with zero attached hydrogens (tertiary/aromatic N) is 8. The second-order valence-corrected chi connectivity index (χ2v) is 10.5. The van der Waals surface area contributed by atoms with E-state index in [9.17, 15) is 13.2 Å². The van der Waals surface area contributed by atoms with Crippen LogP contribution in [0.3, 0.4) is 0 Å². The SMILES string of the molecule is Cc1c(C(N)=Nc2csc(-c3nncn3[C@@H](C)C(F)(F)F)n2)ncc(-c2ccccc2)c1-n1cnc(C2CC2)c1. The molecule has 204 valence electrons. The van der Waals surface area contributed by atoms with Gasteiger partial charge in [-0.25, -0.2) is 15.0 Å². The van der Waals surface area contributed by atoms with Gasteiger partial charge in [0.05, 0.1) is 17.7 Å². The molecular formula is C27H24F3N9S. The Morgan fingerprint density at radius 2 is 1.93 bits per heavy atom. The fourth-order valence-electron chi connectivity index (χ4n) is 4.50. The summed E-state index contributed by atoms with van der Waals surface area (Å²) < 4.78 is 42.8. The highest BCUT2D eigenvalue weighted by Gasteiger charge is 2.39. The molecule has 0 radical (unpaired) electrons. The molecule has 4 aromatic heterocycles. The third kappa shape index (κ3) is 4.88. The smallest absolute Gasteiger partial charge is 0.382 e. The first-order valence-corrected chi connectivity index (χ1v) is 13.4. The lowest BCUT2D eigenvalue weighted by molar-refractivity contribution is -0.162. The maximum Gasteiger partial charge on any atom is 0.408 e. The lowest BCUT2D eigenvalue weighted by atomic mass is 10.0. The summed E-state index contributed by atoms with van der Waals surface area (Å²) in [6.07, 6.45) is 4.49. The van der Waals surface area contributed by atoms with Gasteiger partial charge in [0.1, 0.15) is 18.1 Å². The zero-order valence-corrected chi connectivity index (χ0v) is 22.4. The molecule has 0 aliphatic heterocycles. The van der Waals surface area contributed by atoms with Crippen molar-refractivity contribution in [1.29, 1.82) is 0 Å². The predicted molar refractivity (Wildman–Crippen MR) is 146 cm³/mol. The van der Waals surface area contributed by atoms with Gasteiger partial charge >= 0.3 is 6.18 Å². The Kier molecular flexibility index (Phi) is 6.45. The van der Waals surface area contributed by atoms with E-state index >= 15 is 0 Å². The number of amidine groups is 1. The van der Waals surface area contributed by atoms with Crippen molar-refractivity contribution in [3.8, 4) is 27.6 Å². The van der Waals surface area contributed by atoms with Crippen molar-refractivity contribution >= 4 is 23.0 Å². The maximum absolute atomic E-state index is 13.3. The Morgan fingerprint density at radius 3 is 2.65 bits per heavy atom. The Hall–Kier alpha value is -4.39. The predicted octanol–water partition coefficient (Wildman–Crippen LogP) is 6.00. The van der Waals surface area contributed by atoms with Gasteiger partial charge in [-0.1, -0.05) is 30.3 Å². The summed E-state index contributed by atoms with van der Waals surface area (Å²) in [5.41, 5.74) is 11.6. The molecular weight excluding hydrogens is 539 g/mol. The van der Waals surface area contributed by atoms with Crippen LogP contribution in [-0.2, 0) is 0 Å². The van der Waals surface area contributed by atoms with Gasteiger partial charge in [-0.15, -0.1) is 21.5 Å². The molecule has 40 heavy (non-hydrogen) atoms. The topological polar surface area (TPSA) is 113 Å². The number of aliphatic imine (C=N–C) groups is 1. The second-order valence-electron chi connectivity index (χ2n) is 9.63. The molecule has 1 aliphatic rings. The number of hydrogen-bond acceptors (Lipinski definition) is 7. The number of nitrogens with two attached hydrogens (primary N) is 1. The average Bonchev–Trinajstić information content (AvgIpc) is 3.30. The summed E-state index contributed by atoms with van der Waals surface area (Å²) in [6, 6.07) is 8.13. The molecule has 9 nitrogen and oxygen atoms in total. The van der Waals surface area contributed by atoms with E-state index in [1.165, 1.54) is 0 Å². The molecule has 1 atom stereocenters. The van der Waals surface area contributed by atoms with Gasteiger partial charge in [0, 0.05) is 34.8 Å². The summed E-state index contributed by atoms with van der Waals surface area (Å²) in [5, 5.41) is 9.35. The minimum absolute atomic E-state index is 0.00484. The molecule has 0 unspecified atom stereocenters. The average molecular weight is 564 g/mol. The van der Waals surface area contributed by atoms with Gasteiger partial charge in [0.2, 0.25) is 0 Å². The molecule has 5 aromatic rings. The quantitative estimate of drug-likeness (QED) is 0.192. The molecule has 0 amide bonds. The van der Waals surface area contributed by atoms with Crippen molar-refractivity contribution < 1.29 is 13.2 Å². The number of aromatic nitrogens is 7. The number of hydrogen-bond donors (Lipinski definition) is 1. The zero-order chi connectivity index (χ0) is 28.0. The van der Waals surface area contributed by atoms with E-state index in [1.807, 2.05) is 54.3 Å². The van der Waals surface area contributed by atoms with Crippen LogP contribution in [0.15, 0.2) is 65.8 Å². The Labute approximate surface area is 231 Å². The summed E-state index contributed by atoms with van der Waals surface area (Å²) in [6.45, 7) is 2.97. The Bertz CT molecular complexity index is 1700. The Morgan fingerprint density at radius 1 is 1.15 bits per heavy atom.